The van der Waals surface area contributed by atoms with Crippen molar-refractivity contribution in [3.8, 4) is 11.5 Å². The van der Waals surface area contributed by atoms with E-state index in [4.69, 9.17) is 27.9 Å². The summed E-state index contributed by atoms with van der Waals surface area (Å²) in [5.41, 5.74) is 0.793. The lowest BCUT2D eigenvalue weighted by Crippen LogP contribution is -2.10. The van der Waals surface area contributed by atoms with Crippen molar-refractivity contribution in [2.45, 2.75) is 0 Å². The summed E-state index contributed by atoms with van der Waals surface area (Å²) >= 11 is 12.1. The number of phenols is 1. The molecule has 0 fully saturated rings. The van der Waals surface area contributed by atoms with Crippen LogP contribution in [0.3, 0.4) is 0 Å². The molecular formula is C17H12Cl2N2O3. The Morgan fingerprint density at radius 3 is 2.79 bits per heavy atom. The SMILES string of the molecule is COc1ccc(/C=C(\Cl)c2nc3ccc(Cl)cc3c(=O)[nH]2)cc1O. The van der Waals surface area contributed by atoms with Gasteiger partial charge >= 0.3 is 0 Å². The Hall–Kier alpha value is -2.50. The van der Waals surface area contributed by atoms with Crippen LogP contribution in [0.15, 0.2) is 41.2 Å². The third-order valence-corrected chi connectivity index (χ3v) is 3.91. The zero-order valence-electron chi connectivity index (χ0n) is 12.5. The first-order chi connectivity index (χ1) is 11.5. The van der Waals surface area contributed by atoms with Gasteiger partial charge in [-0.3, -0.25) is 4.79 Å². The average Bonchev–Trinajstić information content (AvgIpc) is 2.55. The summed E-state index contributed by atoms with van der Waals surface area (Å²) < 4.78 is 4.99. The monoisotopic (exact) mass is 362 g/mol. The quantitative estimate of drug-likeness (QED) is 0.737. The number of fused-ring (bicyclic) bond motifs is 1. The molecule has 0 bridgehead atoms. The molecule has 7 heteroatoms. The Labute approximate surface area is 147 Å². The van der Waals surface area contributed by atoms with Crippen LogP contribution in [0, 0.1) is 0 Å². The fourth-order valence-electron chi connectivity index (χ4n) is 2.24. The van der Waals surface area contributed by atoms with Gasteiger partial charge in [0.15, 0.2) is 17.3 Å². The highest BCUT2D eigenvalue weighted by Gasteiger charge is 2.08. The molecule has 0 amide bonds. The number of ether oxygens (including phenoxy) is 1. The van der Waals surface area contributed by atoms with Gasteiger partial charge in [0.1, 0.15) is 0 Å². The van der Waals surface area contributed by atoms with Crippen molar-refractivity contribution < 1.29 is 9.84 Å². The molecule has 0 radical (unpaired) electrons. The lowest BCUT2D eigenvalue weighted by atomic mass is 10.2. The number of methoxy groups -OCH3 is 1. The van der Waals surface area contributed by atoms with E-state index in [2.05, 4.69) is 9.97 Å². The van der Waals surface area contributed by atoms with Crippen molar-refractivity contribution >= 4 is 45.2 Å². The largest absolute Gasteiger partial charge is 0.504 e. The summed E-state index contributed by atoms with van der Waals surface area (Å²) in [5, 5.41) is 10.9. The molecular weight excluding hydrogens is 351 g/mol. The van der Waals surface area contributed by atoms with Crippen molar-refractivity contribution in [3.05, 3.63) is 63.2 Å². The van der Waals surface area contributed by atoms with Gasteiger partial charge in [-0.25, -0.2) is 4.98 Å². The van der Waals surface area contributed by atoms with Crippen LogP contribution in [0.4, 0.5) is 0 Å². The zero-order chi connectivity index (χ0) is 17.3. The second-order valence-electron chi connectivity index (χ2n) is 5.00. The molecule has 0 aliphatic heterocycles. The number of rotatable bonds is 3. The molecule has 3 rings (SSSR count). The molecule has 0 aliphatic rings. The van der Waals surface area contributed by atoms with Gasteiger partial charge in [0.25, 0.3) is 5.56 Å². The van der Waals surface area contributed by atoms with E-state index < -0.39 is 0 Å². The maximum atomic E-state index is 12.1. The Morgan fingerprint density at radius 2 is 2.08 bits per heavy atom. The van der Waals surface area contributed by atoms with Crippen LogP contribution in [0.25, 0.3) is 22.0 Å². The molecule has 2 aromatic carbocycles. The van der Waals surface area contributed by atoms with Gasteiger partial charge in [0.05, 0.1) is 23.0 Å². The van der Waals surface area contributed by atoms with Gasteiger partial charge in [-0.1, -0.05) is 29.3 Å². The number of aromatic nitrogens is 2. The van der Waals surface area contributed by atoms with Gasteiger partial charge in [0.2, 0.25) is 0 Å². The van der Waals surface area contributed by atoms with E-state index in [1.165, 1.54) is 13.2 Å². The van der Waals surface area contributed by atoms with Gasteiger partial charge < -0.3 is 14.8 Å². The van der Waals surface area contributed by atoms with Crippen molar-refractivity contribution in [3.63, 3.8) is 0 Å². The number of H-pyrrole nitrogens is 1. The van der Waals surface area contributed by atoms with Crippen LogP contribution in [0.5, 0.6) is 11.5 Å². The molecule has 0 saturated heterocycles. The van der Waals surface area contributed by atoms with Crippen LogP contribution in [-0.4, -0.2) is 22.2 Å². The van der Waals surface area contributed by atoms with E-state index in [0.29, 0.717) is 27.2 Å². The highest BCUT2D eigenvalue weighted by atomic mass is 35.5. The molecule has 0 aliphatic carbocycles. The topological polar surface area (TPSA) is 75.2 Å². The number of phenolic OH excluding ortho intramolecular Hbond substituents is 1. The standard InChI is InChI=1S/C17H12Cl2N2O3/c1-24-15-5-2-9(7-14(15)22)6-12(19)16-20-13-4-3-10(18)8-11(13)17(23)21-16/h2-8,22H,1H3,(H,20,21,23)/b12-6-. The number of halogens is 2. The van der Waals surface area contributed by atoms with E-state index in [-0.39, 0.29) is 22.2 Å². The number of hydrogen-bond donors (Lipinski definition) is 2. The van der Waals surface area contributed by atoms with E-state index in [9.17, 15) is 9.90 Å². The first-order valence-electron chi connectivity index (χ1n) is 6.92. The second-order valence-corrected chi connectivity index (χ2v) is 5.84. The van der Waals surface area contributed by atoms with E-state index in [1.54, 1.807) is 36.4 Å². The fourth-order valence-corrected chi connectivity index (χ4v) is 2.62. The molecule has 24 heavy (non-hydrogen) atoms. The summed E-state index contributed by atoms with van der Waals surface area (Å²) in [6, 6.07) is 9.69. The summed E-state index contributed by atoms with van der Waals surface area (Å²) in [5.74, 6) is 0.578. The molecule has 0 saturated carbocycles. The van der Waals surface area contributed by atoms with Crippen LogP contribution in [0.1, 0.15) is 11.4 Å². The molecule has 122 valence electrons. The number of hydrogen-bond acceptors (Lipinski definition) is 4. The van der Waals surface area contributed by atoms with Crippen LogP contribution in [0.2, 0.25) is 5.02 Å². The van der Waals surface area contributed by atoms with Crippen LogP contribution >= 0.6 is 23.2 Å². The molecule has 1 heterocycles. The van der Waals surface area contributed by atoms with Crippen LogP contribution in [-0.2, 0) is 0 Å². The maximum Gasteiger partial charge on any atom is 0.259 e. The lowest BCUT2D eigenvalue weighted by molar-refractivity contribution is 0.373. The molecule has 2 N–H and O–H groups in total. The first kappa shape index (κ1) is 16.4. The summed E-state index contributed by atoms with van der Waals surface area (Å²) in [7, 11) is 1.47. The number of benzene rings is 2. The highest BCUT2D eigenvalue weighted by Crippen LogP contribution is 2.28. The lowest BCUT2D eigenvalue weighted by Gasteiger charge is -2.05. The summed E-state index contributed by atoms with van der Waals surface area (Å²) in [4.78, 5) is 19.1. The predicted octanol–water partition coefficient (Wildman–Crippen LogP) is 4.03. The molecule has 5 nitrogen and oxygen atoms in total. The molecule has 0 unspecified atom stereocenters. The van der Waals surface area contributed by atoms with E-state index >= 15 is 0 Å². The van der Waals surface area contributed by atoms with Gasteiger partial charge in [-0.05, 0) is 42.0 Å². The normalized spacial score (nSPS) is 11.7. The highest BCUT2D eigenvalue weighted by molar-refractivity contribution is 6.50. The van der Waals surface area contributed by atoms with Crippen LogP contribution < -0.4 is 10.3 Å². The number of nitrogens with one attached hydrogen (secondary N) is 1. The van der Waals surface area contributed by atoms with Crippen molar-refractivity contribution in [1.82, 2.24) is 9.97 Å². The number of nitrogens with zero attached hydrogens (tertiary/aromatic N) is 1. The minimum absolute atomic E-state index is 0.00896. The van der Waals surface area contributed by atoms with Crippen molar-refractivity contribution in [2.75, 3.05) is 7.11 Å². The Morgan fingerprint density at radius 1 is 1.29 bits per heavy atom. The minimum Gasteiger partial charge on any atom is -0.504 e. The third kappa shape index (κ3) is 3.22. The molecule has 0 atom stereocenters. The van der Waals surface area contributed by atoms with Crippen molar-refractivity contribution in [2.24, 2.45) is 0 Å². The van der Waals surface area contributed by atoms with Crippen molar-refractivity contribution in [1.29, 1.82) is 0 Å². The smallest absolute Gasteiger partial charge is 0.259 e. The molecule has 0 spiro atoms. The molecule has 3 aromatic rings. The Kier molecular flexibility index (Phi) is 4.46. The minimum atomic E-state index is -0.332. The van der Waals surface area contributed by atoms with E-state index in [1.807, 2.05) is 0 Å². The summed E-state index contributed by atoms with van der Waals surface area (Å²) in [6.07, 6.45) is 1.58. The predicted molar refractivity (Wildman–Crippen MR) is 95.8 cm³/mol. The third-order valence-electron chi connectivity index (χ3n) is 3.39. The Bertz CT molecular complexity index is 1010. The fraction of sp³-hybridized carbons (Fsp3) is 0.0588. The summed E-state index contributed by atoms with van der Waals surface area (Å²) in [6.45, 7) is 0. The number of aromatic hydroxyl groups is 1. The molecule has 1 aromatic heterocycles. The van der Waals surface area contributed by atoms with E-state index in [0.717, 1.165) is 0 Å². The maximum absolute atomic E-state index is 12.1. The first-order valence-corrected chi connectivity index (χ1v) is 7.67. The average molecular weight is 363 g/mol. The van der Waals surface area contributed by atoms with Gasteiger partial charge in [-0.15, -0.1) is 0 Å². The van der Waals surface area contributed by atoms with Gasteiger partial charge in [-0.2, -0.15) is 0 Å². The number of aromatic amines is 1. The van der Waals surface area contributed by atoms with Gasteiger partial charge in [0, 0.05) is 5.02 Å². The Balaban J connectivity index is 2.04. The second kappa shape index (κ2) is 6.55. The zero-order valence-corrected chi connectivity index (χ0v) is 14.0.